The van der Waals surface area contributed by atoms with Crippen LogP contribution in [0.2, 0.25) is 0 Å². The lowest BCUT2D eigenvalue weighted by atomic mass is 9.75. The van der Waals surface area contributed by atoms with Crippen LogP contribution in [0.1, 0.15) is 45.4 Å². The third-order valence-electron chi connectivity index (χ3n) is 5.80. The molecule has 1 amide bonds. The van der Waals surface area contributed by atoms with E-state index in [-0.39, 0.29) is 24.0 Å². The molecule has 1 aliphatic rings. The summed E-state index contributed by atoms with van der Waals surface area (Å²) in [6.45, 7) is 7.48. The summed E-state index contributed by atoms with van der Waals surface area (Å²) < 4.78 is 0. The minimum absolute atomic E-state index is 0.0981. The normalized spacial score (nSPS) is 17.9. The van der Waals surface area contributed by atoms with E-state index in [2.05, 4.69) is 36.0 Å². The van der Waals surface area contributed by atoms with Gasteiger partial charge in [-0.1, -0.05) is 39.0 Å². The first-order valence-corrected chi connectivity index (χ1v) is 10.1. The minimum atomic E-state index is -0.993. The van der Waals surface area contributed by atoms with Gasteiger partial charge in [0, 0.05) is 24.5 Å². The number of amides is 1. The Labute approximate surface area is 171 Å². The molecule has 1 saturated heterocycles. The van der Waals surface area contributed by atoms with Gasteiger partial charge < -0.3 is 25.5 Å². The number of hydrogen-bond donors (Lipinski definition) is 4. The number of para-hydroxylation sites is 1. The van der Waals surface area contributed by atoms with Crippen molar-refractivity contribution in [1.29, 1.82) is 0 Å². The number of nitrogens with zero attached hydrogens (tertiary/aromatic N) is 2. The first-order valence-electron chi connectivity index (χ1n) is 10.1. The second-order valence-electron chi connectivity index (χ2n) is 8.90. The van der Waals surface area contributed by atoms with Crippen LogP contribution in [-0.4, -0.2) is 52.1 Å². The van der Waals surface area contributed by atoms with Crippen molar-refractivity contribution in [3.8, 4) is 0 Å². The molecule has 2 heterocycles. The standard InChI is InChI=1S/C22H31N3O4/c1-22(2,3)20(24-21(28)29)15-9-11-25(12-10-15)17-6-4-5-14-7-8-16(18(27)13-26)23-19(14)17/h4-8,15,18,20,24,26-27H,9-13H2,1-3H3,(H,28,29). The monoisotopic (exact) mass is 401 g/mol. The Morgan fingerprint density at radius 1 is 1.24 bits per heavy atom. The van der Waals surface area contributed by atoms with Gasteiger partial charge in [0.15, 0.2) is 0 Å². The van der Waals surface area contributed by atoms with Crippen LogP contribution in [0.3, 0.4) is 0 Å². The molecule has 29 heavy (non-hydrogen) atoms. The third kappa shape index (κ3) is 4.79. The summed E-state index contributed by atoms with van der Waals surface area (Å²) in [5.74, 6) is 0.275. The first-order chi connectivity index (χ1) is 13.7. The van der Waals surface area contributed by atoms with Crippen molar-refractivity contribution in [3.05, 3.63) is 36.0 Å². The van der Waals surface area contributed by atoms with E-state index in [4.69, 9.17) is 0 Å². The fourth-order valence-electron chi connectivity index (χ4n) is 4.33. The summed E-state index contributed by atoms with van der Waals surface area (Å²) in [5, 5.41) is 32.2. The molecule has 1 aromatic carbocycles. The average Bonchev–Trinajstić information content (AvgIpc) is 2.70. The molecule has 7 nitrogen and oxygen atoms in total. The minimum Gasteiger partial charge on any atom is -0.465 e. The predicted molar refractivity (Wildman–Crippen MR) is 113 cm³/mol. The van der Waals surface area contributed by atoms with E-state index in [1.54, 1.807) is 6.07 Å². The van der Waals surface area contributed by atoms with E-state index in [0.717, 1.165) is 42.5 Å². The van der Waals surface area contributed by atoms with Gasteiger partial charge >= 0.3 is 6.09 Å². The van der Waals surface area contributed by atoms with Crippen LogP contribution in [0.4, 0.5) is 10.5 Å². The second-order valence-corrected chi connectivity index (χ2v) is 8.90. The number of anilines is 1. The third-order valence-corrected chi connectivity index (χ3v) is 5.80. The van der Waals surface area contributed by atoms with E-state index < -0.39 is 12.2 Å². The van der Waals surface area contributed by atoms with E-state index in [1.807, 2.05) is 24.3 Å². The maximum atomic E-state index is 11.3. The van der Waals surface area contributed by atoms with Gasteiger partial charge in [-0.3, -0.25) is 0 Å². The smallest absolute Gasteiger partial charge is 0.404 e. The number of rotatable bonds is 5. The maximum absolute atomic E-state index is 11.3. The molecule has 0 saturated carbocycles. The van der Waals surface area contributed by atoms with Crippen LogP contribution >= 0.6 is 0 Å². The molecule has 1 fully saturated rings. The summed E-state index contributed by atoms with van der Waals surface area (Å²) in [6.07, 6.45) is -0.192. The molecule has 3 rings (SSSR count). The first kappa shape index (κ1) is 21.3. The van der Waals surface area contributed by atoms with Crippen LogP contribution in [-0.2, 0) is 0 Å². The number of aliphatic hydroxyl groups excluding tert-OH is 2. The van der Waals surface area contributed by atoms with Gasteiger partial charge in [-0.05, 0) is 36.3 Å². The van der Waals surface area contributed by atoms with Gasteiger partial charge in [-0.2, -0.15) is 0 Å². The summed E-state index contributed by atoms with van der Waals surface area (Å²) in [5.41, 5.74) is 2.13. The number of carboxylic acid groups (broad SMARTS) is 1. The van der Waals surface area contributed by atoms with Gasteiger partial charge in [-0.25, -0.2) is 9.78 Å². The predicted octanol–water partition coefficient (Wildman–Crippen LogP) is 3.16. The number of benzene rings is 1. The SMILES string of the molecule is CC(C)(C)C(NC(=O)O)C1CCN(c2cccc3ccc(C(O)CO)nc23)CC1. The molecule has 0 bridgehead atoms. The molecular formula is C22H31N3O4. The number of hydrogen-bond acceptors (Lipinski definition) is 5. The van der Waals surface area contributed by atoms with Crippen molar-refractivity contribution in [2.24, 2.45) is 11.3 Å². The second kappa shape index (κ2) is 8.55. The maximum Gasteiger partial charge on any atom is 0.404 e. The zero-order valence-electron chi connectivity index (χ0n) is 17.3. The Bertz CT molecular complexity index is 857. The summed E-state index contributed by atoms with van der Waals surface area (Å²) >= 11 is 0. The average molecular weight is 402 g/mol. The number of pyridine rings is 1. The highest BCUT2D eigenvalue weighted by atomic mass is 16.4. The van der Waals surface area contributed by atoms with Gasteiger partial charge in [0.2, 0.25) is 0 Å². The fraction of sp³-hybridized carbons (Fsp3) is 0.545. The highest BCUT2D eigenvalue weighted by Gasteiger charge is 2.35. The number of fused-ring (bicyclic) bond motifs is 1. The number of carbonyl (C=O) groups is 1. The van der Waals surface area contributed by atoms with Crippen LogP contribution < -0.4 is 10.2 Å². The molecule has 1 aromatic heterocycles. The molecule has 2 unspecified atom stereocenters. The molecule has 0 aliphatic carbocycles. The van der Waals surface area contributed by atoms with Crippen molar-refractivity contribution in [2.75, 3.05) is 24.6 Å². The summed E-state index contributed by atoms with van der Waals surface area (Å²) in [6, 6.07) is 9.57. The fourth-order valence-corrected chi connectivity index (χ4v) is 4.33. The lowest BCUT2D eigenvalue weighted by Crippen LogP contribution is -2.51. The van der Waals surface area contributed by atoms with Crippen LogP contribution in [0.25, 0.3) is 10.9 Å². The molecule has 158 valence electrons. The lowest BCUT2D eigenvalue weighted by molar-refractivity contribution is 0.0925. The van der Waals surface area contributed by atoms with E-state index in [9.17, 15) is 20.1 Å². The highest BCUT2D eigenvalue weighted by Crippen LogP contribution is 2.35. The molecule has 2 atom stereocenters. The lowest BCUT2D eigenvalue weighted by Gasteiger charge is -2.42. The number of aromatic nitrogens is 1. The summed E-state index contributed by atoms with van der Waals surface area (Å²) in [4.78, 5) is 18.2. The van der Waals surface area contributed by atoms with Crippen molar-refractivity contribution < 1.29 is 20.1 Å². The topological polar surface area (TPSA) is 106 Å². The van der Waals surface area contributed by atoms with Crippen molar-refractivity contribution in [3.63, 3.8) is 0 Å². The molecule has 7 heteroatoms. The van der Waals surface area contributed by atoms with Crippen molar-refractivity contribution >= 4 is 22.7 Å². The van der Waals surface area contributed by atoms with Gasteiger partial charge in [0.1, 0.15) is 6.10 Å². The molecular weight excluding hydrogens is 370 g/mol. The van der Waals surface area contributed by atoms with Gasteiger partial charge in [-0.15, -0.1) is 0 Å². The van der Waals surface area contributed by atoms with Gasteiger partial charge in [0.05, 0.1) is 23.5 Å². The van der Waals surface area contributed by atoms with Crippen molar-refractivity contribution in [2.45, 2.75) is 45.8 Å². The Morgan fingerprint density at radius 3 is 2.52 bits per heavy atom. The number of aliphatic hydroxyl groups is 2. The zero-order valence-corrected chi connectivity index (χ0v) is 17.3. The Balaban J connectivity index is 1.81. The largest absolute Gasteiger partial charge is 0.465 e. The molecule has 0 spiro atoms. The molecule has 1 aliphatic heterocycles. The number of piperidine rings is 1. The van der Waals surface area contributed by atoms with Crippen LogP contribution in [0.5, 0.6) is 0 Å². The Morgan fingerprint density at radius 2 is 1.93 bits per heavy atom. The quantitative estimate of drug-likeness (QED) is 0.613. The molecule has 0 radical (unpaired) electrons. The van der Waals surface area contributed by atoms with Crippen LogP contribution in [0.15, 0.2) is 30.3 Å². The summed E-state index contributed by atoms with van der Waals surface area (Å²) in [7, 11) is 0. The number of nitrogens with one attached hydrogen (secondary N) is 1. The van der Waals surface area contributed by atoms with Crippen molar-refractivity contribution in [1.82, 2.24) is 10.3 Å². The van der Waals surface area contributed by atoms with E-state index in [1.165, 1.54) is 0 Å². The molecule has 4 N–H and O–H groups in total. The van der Waals surface area contributed by atoms with E-state index in [0.29, 0.717) is 5.69 Å². The van der Waals surface area contributed by atoms with Gasteiger partial charge in [0.25, 0.3) is 0 Å². The Hall–Kier alpha value is -2.38. The Kier molecular flexibility index (Phi) is 6.29. The van der Waals surface area contributed by atoms with E-state index >= 15 is 0 Å². The molecule has 2 aromatic rings. The van der Waals surface area contributed by atoms with Crippen LogP contribution in [0, 0.1) is 11.3 Å². The highest BCUT2D eigenvalue weighted by molar-refractivity contribution is 5.91. The zero-order chi connectivity index (χ0) is 21.2.